The summed E-state index contributed by atoms with van der Waals surface area (Å²) in [7, 11) is 1.85. The molecule has 1 atom stereocenters. The number of halogens is 1. The summed E-state index contributed by atoms with van der Waals surface area (Å²) in [5.41, 5.74) is 0.995. The molecule has 0 saturated carbocycles. The summed E-state index contributed by atoms with van der Waals surface area (Å²) in [6, 6.07) is 9.72. The monoisotopic (exact) mass is 303 g/mol. The summed E-state index contributed by atoms with van der Waals surface area (Å²) in [5.74, 6) is 0.801. The Balaban J connectivity index is 1.98. The lowest BCUT2D eigenvalue weighted by Crippen LogP contribution is -2.24. The van der Waals surface area contributed by atoms with E-state index in [1.807, 2.05) is 49.2 Å². The number of rotatable bonds is 3. The third-order valence-electron chi connectivity index (χ3n) is 3.59. The van der Waals surface area contributed by atoms with Gasteiger partial charge in [0.15, 0.2) is 0 Å². The summed E-state index contributed by atoms with van der Waals surface area (Å²) in [4.78, 5) is 13.4. The van der Waals surface area contributed by atoms with Gasteiger partial charge in [-0.2, -0.15) is 5.10 Å². The molecule has 3 aromatic rings. The van der Waals surface area contributed by atoms with E-state index in [2.05, 4.69) is 10.2 Å². The van der Waals surface area contributed by atoms with Crippen LogP contribution < -0.4 is 10.5 Å². The summed E-state index contributed by atoms with van der Waals surface area (Å²) in [6.07, 6.45) is 1.53. The normalized spacial score (nSPS) is 12.5. The third-order valence-corrected chi connectivity index (χ3v) is 3.96. The molecule has 0 fully saturated rings. The molecule has 3 rings (SSSR count). The summed E-state index contributed by atoms with van der Waals surface area (Å²) in [5, 5.41) is 7.26. The highest BCUT2D eigenvalue weighted by atomic mass is 35.5. The van der Waals surface area contributed by atoms with E-state index in [1.54, 1.807) is 0 Å². The van der Waals surface area contributed by atoms with E-state index in [1.165, 1.54) is 6.20 Å². The van der Waals surface area contributed by atoms with Crippen LogP contribution in [0.3, 0.4) is 0 Å². The number of hydrogen-bond acceptors (Lipinski definition) is 4. The Morgan fingerprint density at radius 3 is 2.90 bits per heavy atom. The quantitative estimate of drug-likeness (QED) is 0.806. The lowest BCUT2D eigenvalue weighted by Gasteiger charge is -2.25. The molecule has 0 spiro atoms. The van der Waals surface area contributed by atoms with Gasteiger partial charge >= 0.3 is 0 Å². The van der Waals surface area contributed by atoms with Crippen LogP contribution in [0.5, 0.6) is 0 Å². The first-order valence-electron chi connectivity index (χ1n) is 6.52. The van der Waals surface area contributed by atoms with E-state index >= 15 is 0 Å². The van der Waals surface area contributed by atoms with Gasteiger partial charge in [0.1, 0.15) is 16.4 Å². The maximum absolute atomic E-state index is 11.5. The highest BCUT2D eigenvalue weighted by Gasteiger charge is 2.20. The van der Waals surface area contributed by atoms with Crippen LogP contribution in [0.1, 0.15) is 18.7 Å². The Hall–Kier alpha value is -2.27. The molecule has 2 aromatic heterocycles. The first-order valence-corrected chi connectivity index (χ1v) is 6.90. The van der Waals surface area contributed by atoms with Gasteiger partial charge in [-0.15, -0.1) is 0 Å². The molecular weight excluding hydrogens is 290 g/mol. The van der Waals surface area contributed by atoms with Crippen molar-refractivity contribution >= 4 is 28.3 Å². The molecule has 0 radical (unpaired) electrons. The smallest absolute Gasteiger partial charge is 0.285 e. The molecule has 0 aliphatic heterocycles. The number of para-hydroxylation sites is 1. The number of anilines is 1. The lowest BCUT2D eigenvalue weighted by atomic mass is 10.2. The van der Waals surface area contributed by atoms with E-state index in [-0.39, 0.29) is 11.1 Å². The van der Waals surface area contributed by atoms with Crippen molar-refractivity contribution in [2.45, 2.75) is 13.0 Å². The van der Waals surface area contributed by atoms with Crippen molar-refractivity contribution < 1.29 is 4.42 Å². The van der Waals surface area contributed by atoms with Gasteiger partial charge in [-0.3, -0.25) is 4.79 Å². The van der Waals surface area contributed by atoms with Gasteiger partial charge in [0.05, 0.1) is 17.9 Å². The number of aromatic nitrogens is 2. The van der Waals surface area contributed by atoms with Crippen LogP contribution in [0.2, 0.25) is 5.02 Å². The van der Waals surface area contributed by atoms with Gasteiger partial charge in [-0.1, -0.05) is 29.8 Å². The van der Waals surface area contributed by atoms with Gasteiger partial charge in [-0.25, -0.2) is 5.10 Å². The average Bonchev–Trinajstić information content (AvgIpc) is 2.92. The number of nitrogens with one attached hydrogen (secondary N) is 1. The molecule has 5 nitrogen and oxygen atoms in total. The minimum Gasteiger partial charge on any atom is -0.459 e. The van der Waals surface area contributed by atoms with Crippen LogP contribution in [0.15, 0.2) is 45.7 Å². The van der Waals surface area contributed by atoms with E-state index in [9.17, 15) is 4.79 Å². The average molecular weight is 304 g/mol. The fraction of sp³-hybridized carbons (Fsp3) is 0.200. The molecule has 0 bridgehead atoms. The summed E-state index contributed by atoms with van der Waals surface area (Å²) < 4.78 is 5.85. The molecular formula is C15H14ClN3O2. The van der Waals surface area contributed by atoms with Crippen LogP contribution in [0.4, 0.5) is 5.69 Å². The fourth-order valence-corrected chi connectivity index (χ4v) is 2.45. The second-order valence-electron chi connectivity index (χ2n) is 4.87. The van der Waals surface area contributed by atoms with Crippen LogP contribution in [-0.4, -0.2) is 17.2 Å². The van der Waals surface area contributed by atoms with Crippen LogP contribution in [0.25, 0.3) is 11.0 Å². The van der Waals surface area contributed by atoms with Crippen molar-refractivity contribution in [3.8, 4) is 0 Å². The van der Waals surface area contributed by atoms with Crippen LogP contribution in [0, 0.1) is 0 Å². The number of fused-ring (bicyclic) bond motifs is 1. The van der Waals surface area contributed by atoms with Crippen molar-refractivity contribution in [1.82, 2.24) is 10.2 Å². The highest BCUT2D eigenvalue weighted by molar-refractivity contribution is 6.32. The lowest BCUT2D eigenvalue weighted by molar-refractivity contribution is 0.502. The van der Waals surface area contributed by atoms with E-state index in [0.29, 0.717) is 5.69 Å². The minimum absolute atomic E-state index is 0.0847. The van der Waals surface area contributed by atoms with Gasteiger partial charge in [0.2, 0.25) is 0 Å². The second-order valence-corrected chi connectivity index (χ2v) is 5.25. The Morgan fingerprint density at radius 1 is 1.38 bits per heavy atom. The standard InChI is InChI=1S/C15H14ClN3O2/c1-9(13-7-10-5-3-4-6-12(10)21-13)19(2)11-8-17-18-15(20)14(11)16/h3-9H,1-2H3,(H,18,20). The summed E-state index contributed by atoms with van der Waals surface area (Å²) >= 11 is 6.04. The van der Waals surface area contributed by atoms with E-state index < -0.39 is 5.56 Å². The topological polar surface area (TPSA) is 62.1 Å². The number of furan rings is 1. The van der Waals surface area contributed by atoms with E-state index in [4.69, 9.17) is 16.0 Å². The van der Waals surface area contributed by atoms with E-state index in [0.717, 1.165) is 16.7 Å². The molecule has 1 N–H and O–H groups in total. The number of benzene rings is 1. The Kier molecular flexibility index (Phi) is 3.43. The van der Waals surface area contributed by atoms with Gasteiger partial charge in [0.25, 0.3) is 5.56 Å². The van der Waals surface area contributed by atoms with Gasteiger partial charge in [0, 0.05) is 12.4 Å². The Morgan fingerprint density at radius 2 is 2.14 bits per heavy atom. The van der Waals surface area contributed by atoms with Crippen molar-refractivity contribution in [3.63, 3.8) is 0 Å². The highest BCUT2D eigenvalue weighted by Crippen LogP contribution is 2.31. The van der Waals surface area contributed by atoms with Crippen molar-refractivity contribution in [1.29, 1.82) is 0 Å². The molecule has 0 saturated heterocycles. The summed E-state index contributed by atoms with van der Waals surface area (Å²) in [6.45, 7) is 1.98. The second kappa shape index (κ2) is 5.26. The fourth-order valence-electron chi connectivity index (χ4n) is 2.23. The zero-order valence-corrected chi connectivity index (χ0v) is 12.4. The third kappa shape index (κ3) is 2.40. The molecule has 0 aliphatic rings. The molecule has 1 unspecified atom stereocenters. The number of H-pyrrole nitrogens is 1. The Bertz CT molecular complexity index is 807. The molecule has 108 valence electrons. The minimum atomic E-state index is -0.405. The molecule has 2 heterocycles. The van der Waals surface area contributed by atoms with Crippen molar-refractivity contribution in [2.75, 3.05) is 11.9 Å². The molecule has 1 aromatic carbocycles. The molecule has 0 amide bonds. The maximum Gasteiger partial charge on any atom is 0.285 e. The maximum atomic E-state index is 11.5. The predicted octanol–water partition coefficient (Wildman–Crippen LogP) is 3.37. The van der Waals surface area contributed by atoms with Crippen molar-refractivity contribution in [3.05, 3.63) is 57.7 Å². The van der Waals surface area contributed by atoms with Gasteiger partial charge < -0.3 is 9.32 Å². The molecule has 21 heavy (non-hydrogen) atoms. The van der Waals surface area contributed by atoms with Crippen molar-refractivity contribution in [2.24, 2.45) is 0 Å². The molecule has 0 aliphatic carbocycles. The predicted molar refractivity (Wildman–Crippen MR) is 82.9 cm³/mol. The number of nitrogens with zero attached hydrogens (tertiary/aromatic N) is 2. The zero-order valence-electron chi connectivity index (χ0n) is 11.6. The van der Waals surface area contributed by atoms with Crippen LogP contribution >= 0.6 is 11.6 Å². The number of hydrogen-bond donors (Lipinski definition) is 1. The zero-order chi connectivity index (χ0) is 15.0. The first-order chi connectivity index (χ1) is 10.1. The SMILES string of the molecule is CC(c1cc2ccccc2o1)N(C)c1cn[nH]c(=O)c1Cl. The molecule has 6 heteroatoms. The Labute approximate surface area is 126 Å². The van der Waals surface area contributed by atoms with Crippen LogP contribution in [-0.2, 0) is 0 Å². The first kappa shape index (κ1) is 13.7. The largest absolute Gasteiger partial charge is 0.459 e. The van der Waals surface area contributed by atoms with Gasteiger partial charge in [-0.05, 0) is 19.1 Å². The number of aromatic amines is 1.